The number of halogens is 2. The van der Waals surface area contributed by atoms with Crippen LogP contribution in [0.4, 0.5) is 4.39 Å². The largest absolute Gasteiger partial charge is 0.369 e. The Hall–Kier alpha value is -3.19. The molecule has 1 aliphatic heterocycles. The average molecular weight is 483 g/mol. The molecule has 0 saturated carbocycles. The summed E-state index contributed by atoms with van der Waals surface area (Å²) in [6.07, 6.45) is 3.50. The SMILES string of the molecule is Cc1nn(-c2ccc(C(=O)N3CCCCC3)cc2)c(C)c1C(Cc1ccc(F)cc1Cl)C(N)=O. The van der Waals surface area contributed by atoms with Crippen molar-refractivity contribution >= 4 is 23.4 Å². The summed E-state index contributed by atoms with van der Waals surface area (Å²) >= 11 is 6.20. The van der Waals surface area contributed by atoms with E-state index in [1.165, 1.54) is 18.6 Å². The van der Waals surface area contributed by atoms with Gasteiger partial charge >= 0.3 is 0 Å². The lowest BCUT2D eigenvalue weighted by Crippen LogP contribution is -2.35. The number of piperidine rings is 1. The molecule has 2 amide bonds. The Labute approximate surface area is 203 Å². The fraction of sp³-hybridized carbons (Fsp3) is 0.346. The molecule has 3 aromatic rings. The first-order valence-electron chi connectivity index (χ1n) is 11.5. The second-order valence-electron chi connectivity index (χ2n) is 8.79. The number of aromatic nitrogens is 2. The molecule has 1 aromatic heterocycles. The standard InChI is InChI=1S/C26H28ClFN4O2/c1-16-24(22(25(29)33)14-19-6-9-20(28)15-23(19)27)17(2)32(30-16)21-10-7-18(8-11-21)26(34)31-12-4-3-5-13-31/h6-11,15,22H,3-5,12-14H2,1-2H3,(H2,29,33). The number of aryl methyl sites for hydroxylation is 1. The monoisotopic (exact) mass is 482 g/mol. The molecular formula is C26H28ClFN4O2. The van der Waals surface area contributed by atoms with E-state index in [1.54, 1.807) is 10.7 Å². The van der Waals surface area contributed by atoms with E-state index in [1.807, 2.05) is 43.0 Å². The summed E-state index contributed by atoms with van der Waals surface area (Å²) in [6, 6.07) is 11.5. The van der Waals surface area contributed by atoms with Gasteiger partial charge in [-0.05, 0) is 81.5 Å². The minimum absolute atomic E-state index is 0.0466. The summed E-state index contributed by atoms with van der Waals surface area (Å²) in [4.78, 5) is 27.1. The van der Waals surface area contributed by atoms with Gasteiger partial charge in [0.2, 0.25) is 5.91 Å². The summed E-state index contributed by atoms with van der Waals surface area (Å²) in [6.45, 7) is 5.31. The van der Waals surface area contributed by atoms with Crippen molar-refractivity contribution in [3.63, 3.8) is 0 Å². The summed E-state index contributed by atoms with van der Waals surface area (Å²) < 4.78 is 15.2. The van der Waals surface area contributed by atoms with E-state index in [0.29, 0.717) is 16.8 Å². The number of hydrogen-bond donors (Lipinski definition) is 1. The molecule has 2 aromatic carbocycles. The van der Waals surface area contributed by atoms with Gasteiger partial charge in [0, 0.05) is 34.9 Å². The highest BCUT2D eigenvalue weighted by Crippen LogP contribution is 2.31. The van der Waals surface area contributed by atoms with Gasteiger partial charge in [0.1, 0.15) is 5.82 Å². The number of carbonyl (C=O) groups excluding carboxylic acids is 2. The molecule has 1 fully saturated rings. The summed E-state index contributed by atoms with van der Waals surface area (Å²) in [5.41, 5.74) is 10.0. The second-order valence-corrected chi connectivity index (χ2v) is 9.20. The van der Waals surface area contributed by atoms with Crippen molar-refractivity contribution in [3.05, 3.63) is 81.4 Å². The number of hydrogen-bond acceptors (Lipinski definition) is 3. The molecule has 0 bridgehead atoms. The second kappa shape index (κ2) is 9.97. The van der Waals surface area contributed by atoms with E-state index in [4.69, 9.17) is 17.3 Å². The quantitative estimate of drug-likeness (QED) is 0.552. The lowest BCUT2D eigenvalue weighted by atomic mass is 9.90. The van der Waals surface area contributed by atoms with Crippen molar-refractivity contribution in [2.24, 2.45) is 5.73 Å². The molecule has 0 aliphatic carbocycles. The first kappa shape index (κ1) is 24.0. The maximum absolute atomic E-state index is 13.5. The molecule has 1 atom stereocenters. The molecule has 2 heterocycles. The molecule has 34 heavy (non-hydrogen) atoms. The normalized spacial score (nSPS) is 14.8. The number of rotatable bonds is 6. The van der Waals surface area contributed by atoms with Crippen LogP contribution >= 0.6 is 11.6 Å². The molecule has 1 aliphatic rings. The van der Waals surface area contributed by atoms with Gasteiger partial charge in [0.25, 0.3) is 5.91 Å². The molecule has 1 unspecified atom stereocenters. The number of likely N-dealkylation sites (tertiary alicyclic amines) is 1. The maximum Gasteiger partial charge on any atom is 0.253 e. The van der Waals surface area contributed by atoms with Crippen molar-refractivity contribution in [3.8, 4) is 5.69 Å². The van der Waals surface area contributed by atoms with Crippen molar-refractivity contribution in [1.82, 2.24) is 14.7 Å². The van der Waals surface area contributed by atoms with Gasteiger partial charge in [-0.1, -0.05) is 17.7 Å². The van der Waals surface area contributed by atoms with Crippen LogP contribution in [-0.4, -0.2) is 39.6 Å². The van der Waals surface area contributed by atoms with Crippen molar-refractivity contribution in [2.45, 2.75) is 45.4 Å². The van der Waals surface area contributed by atoms with Gasteiger partial charge in [-0.2, -0.15) is 5.10 Å². The third-order valence-corrected chi connectivity index (χ3v) is 6.83. The van der Waals surface area contributed by atoms with E-state index in [0.717, 1.165) is 42.9 Å². The minimum Gasteiger partial charge on any atom is -0.369 e. The fourth-order valence-corrected chi connectivity index (χ4v) is 4.93. The highest BCUT2D eigenvalue weighted by molar-refractivity contribution is 6.31. The Morgan fingerprint density at radius 1 is 1.09 bits per heavy atom. The molecule has 2 N–H and O–H groups in total. The van der Waals surface area contributed by atoms with Gasteiger partial charge in [-0.25, -0.2) is 9.07 Å². The summed E-state index contributed by atoms with van der Waals surface area (Å²) in [5, 5.41) is 4.90. The van der Waals surface area contributed by atoms with Gasteiger partial charge in [-0.3, -0.25) is 9.59 Å². The Kier molecular flexibility index (Phi) is 7.03. The molecule has 1 saturated heterocycles. The average Bonchev–Trinajstić information content (AvgIpc) is 3.12. The van der Waals surface area contributed by atoms with Crippen LogP contribution in [0.5, 0.6) is 0 Å². The first-order chi connectivity index (χ1) is 16.3. The van der Waals surface area contributed by atoms with Crippen LogP contribution in [0.15, 0.2) is 42.5 Å². The predicted octanol–water partition coefficient (Wildman–Crippen LogP) is 4.72. The summed E-state index contributed by atoms with van der Waals surface area (Å²) in [5.74, 6) is -1.57. The third-order valence-electron chi connectivity index (χ3n) is 6.48. The lowest BCUT2D eigenvalue weighted by molar-refractivity contribution is -0.119. The zero-order valence-corrected chi connectivity index (χ0v) is 20.1. The van der Waals surface area contributed by atoms with Crippen LogP contribution in [0.3, 0.4) is 0 Å². The molecule has 178 valence electrons. The van der Waals surface area contributed by atoms with E-state index in [2.05, 4.69) is 5.10 Å². The number of benzene rings is 2. The highest BCUT2D eigenvalue weighted by atomic mass is 35.5. The number of carbonyl (C=O) groups is 2. The molecule has 0 spiro atoms. The van der Waals surface area contributed by atoms with Crippen LogP contribution in [0.25, 0.3) is 5.69 Å². The number of primary amides is 1. The Morgan fingerprint density at radius 3 is 2.38 bits per heavy atom. The number of nitrogens with two attached hydrogens (primary N) is 1. The van der Waals surface area contributed by atoms with Crippen LogP contribution in [0.2, 0.25) is 5.02 Å². The van der Waals surface area contributed by atoms with Gasteiger partial charge in [0.05, 0.1) is 17.3 Å². The molecule has 4 rings (SSSR count). The topological polar surface area (TPSA) is 81.2 Å². The lowest BCUT2D eigenvalue weighted by Gasteiger charge is -2.26. The number of amides is 2. The minimum atomic E-state index is -0.670. The molecule has 8 heteroatoms. The van der Waals surface area contributed by atoms with Crippen molar-refractivity contribution < 1.29 is 14.0 Å². The van der Waals surface area contributed by atoms with Crippen molar-refractivity contribution in [2.75, 3.05) is 13.1 Å². The summed E-state index contributed by atoms with van der Waals surface area (Å²) in [7, 11) is 0. The van der Waals surface area contributed by atoms with Crippen molar-refractivity contribution in [1.29, 1.82) is 0 Å². The van der Waals surface area contributed by atoms with E-state index in [9.17, 15) is 14.0 Å². The van der Waals surface area contributed by atoms with E-state index < -0.39 is 17.6 Å². The zero-order chi connectivity index (χ0) is 24.4. The zero-order valence-electron chi connectivity index (χ0n) is 19.4. The van der Waals surface area contributed by atoms with Gasteiger partial charge in [0.15, 0.2) is 0 Å². The van der Waals surface area contributed by atoms with Gasteiger partial charge in [-0.15, -0.1) is 0 Å². The third kappa shape index (κ3) is 4.85. The molecular weight excluding hydrogens is 455 g/mol. The predicted molar refractivity (Wildman–Crippen MR) is 130 cm³/mol. The Balaban J connectivity index is 1.62. The highest BCUT2D eigenvalue weighted by Gasteiger charge is 2.27. The Morgan fingerprint density at radius 2 is 1.76 bits per heavy atom. The maximum atomic E-state index is 13.5. The van der Waals surface area contributed by atoms with E-state index in [-0.39, 0.29) is 17.4 Å². The Bertz CT molecular complexity index is 1220. The first-order valence-corrected chi connectivity index (χ1v) is 11.8. The van der Waals surface area contributed by atoms with Crippen LogP contribution in [-0.2, 0) is 11.2 Å². The van der Waals surface area contributed by atoms with Gasteiger partial charge < -0.3 is 10.6 Å². The van der Waals surface area contributed by atoms with Crippen LogP contribution in [0.1, 0.15) is 58.1 Å². The fourth-order valence-electron chi connectivity index (χ4n) is 4.69. The molecule has 0 radical (unpaired) electrons. The molecule has 6 nitrogen and oxygen atoms in total. The van der Waals surface area contributed by atoms with E-state index >= 15 is 0 Å². The smallest absolute Gasteiger partial charge is 0.253 e. The number of nitrogens with zero attached hydrogens (tertiary/aromatic N) is 3. The van der Waals surface area contributed by atoms with Crippen LogP contribution < -0.4 is 5.73 Å². The van der Waals surface area contributed by atoms with Crippen LogP contribution in [0, 0.1) is 19.7 Å².